The summed E-state index contributed by atoms with van der Waals surface area (Å²) >= 11 is 0. The molecule has 162 valence electrons. The first kappa shape index (κ1) is 22.2. The standard InChI is InChI=1S/C25H29N3O3/c1-4-30-22-12-11-19(17-23(22)31-5-2)13-15-27-24-21(10-7-14-26-24)25(29)28-20-9-6-8-18(3)16-20/h6-12,14,16-17H,4-5,13,15H2,1-3H3,(H,26,27)(H,28,29). The normalized spacial score (nSPS) is 10.4. The largest absolute Gasteiger partial charge is 0.490 e. The van der Waals surface area contributed by atoms with Crippen LogP contribution in [-0.4, -0.2) is 30.6 Å². The number of benzene rings is 2. The summed E-state index contributed by atoms with van der Waals surface area (Å²) in [6, 6.07) is 17.2. The van der Waals surface area contributed by atoms with E-state index in [1.807, 2.05) is 63.2 Å². The van der Waals surface area contributed by atoms with Gasteiger partial charge in [0, 0.05) is 18.4 Å². The van der Waals surface area contributed by atoms with Crippen LogP contribution < -0.4 is 20.1 Å². The van der Waals surface area contributed by atoms with Crippen LogP contribution in [0, 0.1) is 6.92 Å². The molecular formula is C25H29N3O3. The van der Waals surface area contributed by atoms with Gasteiger partial charge in [0.1, 0.15) is 5.82 Å². The van der Waals surface area contributed by atoms with Crippen LogP contribution in [0.25, 0.3) is 0 Å². The van der Waals surface area contributed by atoms with Gasteiger partial charge >= 0.3 is 0 Å². The smallest absolute Gasteiger partial charge is 0.259 e. The zero-order valence-corrected chi connectivity index (χ0v) is 18.3. The maximum Gasteiger partial charge on any atom is 0.259 e. The van der Waals surface area contributed by atoms with Gasteiger partial charge in [0.05, 0.1) is 18.8 Å². The molecule has 0 bridgehead atoms. The number of pyridine rings is 1. The first-order chi connectivity index (χ1) is 15.1. The maximum atomic E-state index is 12.8. The van der Waals surface area contributed by atoms with E-state index in [4.69, 9.17) is 9.47 Å². The first-order valence-corrected chi connectivity index (χ1v) is 10.6. The second-order valence-corrected chi connectivity index (χ2v) is 7.05. The third kappa shape index (κ3) is 6.22. The van der Waals surface area contributed by atoms with Crippen molar-refractivity contribution in [1.82, 2.24) is 4.98 Å². The van der Waals surface area contributed by atoms with Crippen LogP contribution in [0.5, 0.6) is 11.5 Å². The van der Waals surface area contributed by atoms with E-state index in [1.54, 1.807) is 18.3 Å². The van der Waals surface area contributed by atoms with Crippen LogP contribution in [0.2, 0.25) is 0 Å². The fourth-order valence-corrected chi connectivity index (χ4v) is 3.23. The molecule has 0 radical (unpaired) electrons. The highest BCUT2D eigenvalue weighted by Crippen LogP contribution is 2.28. The van der Waals surface area contributed by atoms with E-state index in [1.165, 1.54) is 0 Å². The van der Waals surface area contributed by atoms with Crippen molar-refractivity contribution in [2.24, 2.45) is 0 Å². The third-order valence-corrected chi connectivity index (χ3v) is 4.64. The molecule has 0 fully saturated rings. The molecule has 6 heteroatoms. The van der Waals surface area contributed by atoms with Crippen molar-refractivity contribution in [3.05, 3.63) is 77.5 Å². The van der Waals surface area contributed by atoms with Crippen molar-refractivity contribution in [1.29, 1.82) is 0 Å². The monoisotopic (exact) mass is 419 g/mol. The lowest BCUT2D eigenvalue weighted by Gasteiger charge is -2.14. The molecule has 0 atom stereocenters. The van der Waals surface area contributed by atoms with E-state index in [9.17, 15) is 4.79 Å². The number of carbonyl (C=O) groups is 1. The zero-order valence-electron chi connectivity index (χ0n) is 18.3. The molecule has 1 amide bonds. The molecular weight excluding hydrogens is 390 g/mol. The minimum absolute atomic E-state index is 0.194. The molecule has 2 N–H and O–H groups in total. The van der Waals surface area contributed by atoms with Gasteiger partial charge in [-0.2, -0.15) is 0 Å². The van der Waals surface area contributed by atoms with Gasteiger partial charge in [0.2, 0.25) is 0 Å². The van der Waals surface area contributed by atoms with E-state index in [-0.39, 0.29) is 5.91 Å². The van der Waals surface area contributed by atoms with Crippen molar-refractivity contribution in [3.8, 4) is 11.5 Å². The Hall–Kier alpha value is -3.54. The molecule has 1 aromatic heterocycles. The van der Waals surface area contributed by atoms with Gasteiger partial charge in [-0.25, -0.2) is 4.98 Å². The number of ether oxygens (including phenoxy) is 2. The van der Waals surface area contributed by atoms with Crippen molar-refractivity contribution in [2.75, 3.05) is 30.4 Å². The summed E-state index contributed by atoms with van der Waals surface area (Å²) in [6.45, 7) is 7.69. The average Bonchev–Trinajstić information content (AvgIpc) is 2.76. The lowest BCUT2D eigenvalue weighted by molar-refractivity contribution is 0.102. The quantitative estimate of drug-likeness (QED) is 0.479. The highest BCUT2D eigenvalue weighted by atomic mass is 16.5. The number of aromatic nitrogens is 1. The molecule has 0 aliphatic carbocycles. The summed E-state index contributed by atoms with van der Waals surface area (Å²) in [5, 5.41) is 6.22. The lowest BCUT2D eigenvalue weighted by atomic mass is 10.1. The van der Waals surface area contributed by atoms with Gasteiger partial charge in [-0.1, -0.05) is 18.2 Å². The Bertz CT molecular complexity index is 1020. The number of hydrogen-bond donors (Lipinski definition) is 2. The molecule has 0 unspecified atom stereocenters. The van der Waals surface area contributed by atoms with Crippen LogP contribution in [0.3, 0.4) is 0 Å². The number of rotatable bonds is 10. The molecule has 3 rings (SSSR count). The maximum absolute atomic E-state index is 12.8. The van der Waals surface area contributed by atoms with Crippen LogP contribution in [0.4, 0.5) is 11.5 Å². The van der Waals surface area contributed by atoms with E-state index in [0.29, 0.717) is 31.1 Å². The summed E-state index contributed by atoms with van der Waals surface area (Å²) in [4.78, 5) is 17.1. The van der Waals surface area contributed by atoms with Crippen molar-refractivity contribution in [2.45, 2.75) is 27.2 Å². The summed E-state index contributed by atoms with van der Waals surface area (Å²) in [5.41, 5.74) is 3.47. The summed E-state index contributed by atoms with van der Waals surface area (Å²) < 4.78 is 11.3. The van der Waals surface area contributed by atoms with Crippen molar-refractivity contribution >= 4 is 17.4 Å². The Labute approximate surface area is 183 Å². The van der Waals surface area contributed by atoms with E-state index < -0.39 is 0 Å². The minimum Gasteiger partial charge on any atom is -0.490 e. The summed E-state index contributed by atoms with van der Waals surface area (Å²) in [7, 11) is 0. The number of aryl methyl sites for hydroxylation is 1. The minimum atomic E-state index is -0.194. The number of nitrogens with zero attached hydrogens (tertiary/aromatic N) is 1. The summed E-state index contributed by atoms with van der Waals surface area (Å²) in [6.07, 6.45) is 2.43. The zero-order chi connectivity index (χ0) is 22.1. The third-order valence-electron chi connectivity index (χ3n) is 4.64. The van der Waals surface area contributed by atoms with Crippen LogP contribution in [-0.2, 0) is 6.42 Å². The number of carbonyl (C=O) groups excluding carboxylic acids is 1. The Morgan fingerprint density at radius 2 is 1.77 bits per heavy atom. The van der Waals surface area contributed by atoms with E-state index >= 15 is 0 Å². The molecule has 31 heavy (non-hydrogen) atoms. The first-order valence-electron chi connectivity index (χ1n) is 10.6. The Kier molecular flexibility index (Phi) is 7.87. The topological polar surface area (TPSA) is 72.5 Å². The SMILES string of the molecule is CCOc1ccc(CCNc2ncccc2C(=O)Nc2cccc(C)c2)cc1OCC. The van der Waals surface area contributed by atoms with Gasteiger partial charge in [0.25, 0.3) is 5.91 Å². The molecule has 0 aliphatic heterocycles. The fourth-order valence-electron chi connectivity index (χ4n) is 3.23. The summed E-state index contributed by atoms with van der Waals surface area (Å²) in [5.74, 6) is 1.86. The van der Waals surface area contributed by atoms with Crippen molar-refractivity contribution < 1.29 is 14.3 Å². The van der Waals surface area contributed by atoms with Crippen LogP contribution >= 0.6 is 0 Å². The molecule has 0 aliphatic rings. The predicted molar refractivity (Wildman–Crippen MR) is 124 cm³/mol. The fraction of sp³-hybridized carbons (Fsp3) is 0.280. The highest BCUT2D eigenvalue weighted by Gasteiger charge is 2.13. The number of nitrogens with one attached hydrogen (secondary N) is 2. The molecule has 0 saturated heterocycles. The molecule has 2 aromatic carbocycles. The van der Waals surface area contributed by atoms with Gasteiger partial charge in [-0.05, 0) is 74.7 Å². The molecule has 3 aromatic rings. The van der Waals surface area contributed by atoms with E-state index in [2.05, 4.69) is 15.6 Å². The van der Waals surface area contributed by atoms with Crippen molar-refractivity contribution in [3.63, 3.8) is 0 Å². The molecule has 0 spiro atoms. The van der Waals surface area contributed by atoms with E-state index in [0.717, 1.165) is 34.7 Å². The predicted octanol–water partition coefficient (Wildman–Crippen LogP) is 5.09. The van der Waals surface area contributed by atoms with Crippen LogP contribution in [0.15, 0.2) is 60.8 Å². The lowest BCUT2D eigenvalue weighted by Crippen LogP contribution is -2.16. The average molecular weight is 420 g/mol. The number of anilines is 2. The Morgan fingerprint density at radius 3 is 2.55 bits per heavy atom. The van der Waals surface area contributed by atoms with Gasteiger partial charge in [-0.3, -0.25) is 4.79 Å². The Morgan fingerprint density at radius 1 is 0.968 bits per heavy atom. The highest BCUT2D eigenvalue weighted by molar-refractivity contribution is 6.07. The molecule has 0 saturated carbocycles. The van der Waals surface area contributed by atoms with Gasteiger partial charge < -0.3 is 20.1 Å². The van der Waals surface area contributed by atoms with Gasteiger partial charge in [0.15, 0.2) is 11.5 Å². The van der Waals surface area contributed by atoms with Crippen LogP contribution in [0.1, 0.15) is 35.3 Å². The second-order valence-electron chi connectivity index (χ2n) is 7.05. The van der Waals surface area contributed by atoms with Gasteiger partial charge in [-0.15, -0.1) is 0 Å². The second kappa shape index (κ2) is 11.0. The Balaban J connectivity index is 1.65. The molecule has 6 nitrogen and oxygen atoms in total. The molecule has 1 heterocycles. The number of amides is 1. The number of hydrogen-bond acceptors (Lipinski definition) is 5.